The van der Waals surface area contributed by atoms with Crippen molar-refractivity contribution in [3.05, 3.63) is 18.0 Å². The van der Waals surface area contributed by atoms with Crippen molar-refractivity contribution >= 4 is 11.9 Å². The fraction of sp³-hybridized carbons (Fsp3) is 0.615. The smallest absolute Gasteiger partial charge is 0.305 e. The number of aromatic nitrogens is 2. The van der Waals surface area contributed by atoms with Crippen LogP contribution in [0.2, 0.25) is 0 Å². The van der Waals surface area contributed by atoms with Crippen molar-refractivity contribution in [2.45, 2.75) is 38.9 Å². The minimum atomic E-state index is -0.964. The normalized spacial score (nSPS) is 21.5. The zero-order valence-electron chi connectivity index (χ0n) is 11.7. The van der Waals surface area contributed by atoms with E-state index in [-0.39, 0.29) is 18.4 Å². The first-order valence-electron chi connectivity index (χ1n) is 6.80. The molecule has 0 saturated carbocycles. The number of piperazine rings is 1. The number of carboxylic acids is 1. The van der Waals surface area contributed by atoms with Gasteiger partial charge in [0.05, 0.1) is 12.6 Å². The van der Waals surface area contributed by atoms with Gasteiger partial charge in [-0.3, -0.25) is 19.2 Å². The Labute approximate surface area is 117 Å². The van der Waals surface area contributed by atoms with Crippen molar-refractivity contribution in [1.82, 2.24) is 20.0 Å². The van der Waals surface area contributed by atoms with E-state index in [9.17, 15) is 9.59 Å². The quantitative estimate of drug-likeness (QED) is 0.806. The first kappa shape index (κ1) is 14.5. The molecule has 7 heteroatoms. The zero-order chi connectivity index (χ0) is 14.7. The van der Waals surface area contributed by atoms with E-state index in [1.165, 1.54) is 0 Å². The van der Waals surface area contributed by atoms with Crippen LogP contribution < -0.4 is 5.32 Å². The largest absolute Gasteiger partial charge is 0.481 e. The van der Waals surface area contributed by atoms with E-state index in [2.05, 4.69) is 10.4 Å². The summed E-state index contributed by atoms with van der Waals surface area (Å²) in [5.74, 6) is -1.18. The highest BCUT2D eigenvalue weighted by Crippen LogP contribution is 2.24. The van der Waals surface area contributed by atoms with E-state index < -0.39 is 12.0 Å². The number of hydrogen-bond donors (Lipinski definition) is 2. The van der Waals surface area contributed by atoms with Crippen LogP contribution in [0.15, 0.2) is 12.4 Å². The number of carbonyl (C=O) groups excluding carboxylic acids is 1. The summed E-state index contributed by atoms with van der Waals surface area (Å²) < 4.78 is 1.82. The van der Waals surface area contributed by atoms with Crippen molar-refractivity contribution in [3.8, 4) is 0 Å². The minimum Gasteiger partial charge on any atom is -0.481 e. The molecule has 2 rings (SSSR count). The highest BCUT2D eigenvalue weighted by atomic mass is 16.4. The molecule has 0 spiro atoms. The molecule has 1 aliphatic heterocycles. The van der Waals surface area contributed by atoms with Gasteiger partial charge in [-0.15, -0.1) is 0 Å². The Bertz CT molecular complexity index is 500. The topological polar surface area (TPSA) is 87.5 Å². The molecule has 0 radical (unpaired) electrons. The third-order valence-corrected chi connectivity index (χ3v) is 3.70. The molecule has 0 aliphatic carbocycles. The lowest BCUT2D eigenvalue weighted by Gasteiger charge is -2.38. The van der Waals surface area contributed by atoms with Crippen LogP contribution in [0.5, 0.6) is 0 Å². The lowest BCUT2D eigenvalue weighted by Crippen LogP contribution is -2.56. The molecule has 2 N–H and O–H groups in total. The Morgan fingerprint density at radius 3 is 3.00 bits per heavy atom. The Hall–Kier alpha value is -1.89. The van der Waals surface area contributed by atoms with Gasteiger partial charge in [0.15, 0.2) is 0 Å². The summed E-state index contributed by atoms with van der Waals surface area (Å²) in [6.07, 6.45) is 3.53. The predicted octanol–water partition coefficient (Wildman–Crippen LogP) is 0.239. The summed E-state index contributed by atoms with van der Waals surface area (Å²) in [5, 5.41) is 15.9. The molecular weight excluding hydrogens is 260 g/mol. The molecule has 1 aromatic rings. The van der Waals surface area contributed by atoms with E-state index >= 15 is 0 Å². The zero-order valence-corrected chi connectivity index (χ0v) is 11.7. The molecular formula is C13H20N4O3. The molecule has 1 amide bonds. The second kappa shape index (κ2) is 6.04. The Morgan fingerprint density at radius 2 is 2.40 bits per heavy atom. The van der Waals surface area contributed by atoms with Gasteiger partial charge in [-0.1, -0.05) is 0 Å². The van der Waals surface area contributed by atoms with Crippen LogP contribution in [0.4, 0.5) is 0 Å². The Kier molecular flexibility index (Phi) is 4.39. The molecule has 20 heavy (non-hydrogen) atoms. The van der Waals surface area contributed by atoms with Crippen molar-refractivity contribution in [2.24, 2.45) is 0 Å². The fourth-order valence-electron chi connectivity index (χ4n) is 2.53. The second-order valence-electron chi connectivity index (χ2n) is 4.95. The summed E-state index contributed by atoms with van der Waals surface area (Å²) in [4.78, 5) is 24.8. The van der Waals surface area contributed by atoms with Gasteiger partial charge >= 0.3 is 5.97 Å². The van der Waals surface area contributed by atoms with Gasteiger partial charge in [-0.05, 0) is 13.8 Å². The van der Waals surface area contributed by atoms with Crippen molar-refractivity contribution in [3.63, 3.8) is 0 Å². The number of aryl methyl sites for hydroxylation is 1. The number of nitrogens with zero attached hydrogens (tertiary/aromatic N) is 3. The van der Waals surface area contributed by atoms with E-state index in [1.54, 1.807) is 6.20 Å². The maximum Gasteiger partial charge on any atom is 0.305 e. The van der Waals surface area contributed by atoms with Gasteiger partial charge in [-0.25, -0.2) is 0 Å². The van der Waals surface area contributed by atoms with Gasteiger partial charge in [0.25, 0.3) is 0 Å². The van der Waals surface area contributed by atoms with E-state index in [0.29, 0.717) is 13.1 Å². The fourth-order valence-corrected chi connectivity index (χ4v) is 2.53. The van der Waals surface area contributed by atoms with E-state index in [0.717, 1.165) is 12.1 Å². The molecule has 2 atom stereocenters. The molecule has 2 heterocycles. The van der Waals surface area contributed by atoms with Crippen LogP contribution in [0, 0.1) is 0 Å². The highest BCUT2D eigenvalue weighted by molar-refractivity contribution is 5.86. The van der Waals surface area contributed by atoms with Gasteiger partial charge in [0, 0.05) is 37.4 Å². The first-order valence-corrected chi connectivity index (χ1v) is 6.80. The second-order valence-corrected chi connectivity index (χ2v) is 4.95. The van der Waals surface area contributed by atoms with Crippen LogP contribution in [-0.2, 0) is 16.1 Å². The molecule has 2 unspecified atom stereocenters. The number of amides is 1. The van der Waals surface area contributed by atoms with Gasteiger partial charge in [0.1, 0.15) is 6.04 Å². The Morgan fingerprint density at radius 1 is 1.65 bits per heavy atom. The standard InChI is InChI=1S/C13H20N4O3/c1-3-16-8-10(7-15-16)9(2)17-5-4-14-13(20)11(17)6-12(18)19/h7-9,11H,3-6H2,1-2H3,(H,14,20)(H,18,19). The number of nitrogens with one attached hydrogen (secondary N) is 1. The van der Waals surface area contributed by atoms with Crippen LogP contribution >= 0.6 is 0 Å². The number of rotatable bonds is 5. The molecule has 1 aliphatic rings. The maximum absolute atomic E-state index is 11.9. The minimum absolute atomic E-state index is 0.0364. The van der Waals surface area contributed by atoms with Crippen molar-refractivity contribution in [2.75, 3.05) is 13.1 Å². The summed E-state index contributed by atoms with van der Waals surface area (Å²) >= 11 is 0. The van der Waals surface area contributed by atoms with E-state index in [4.69, 9.17) is 5.11 Å². The summed E-state index contributed by atoms with van der Waals surface area (Å²) in [6, 6.07) is -0.660. The van der Waals surface area contributed by atoms with Crippen LogP contribution in [0.3, 0.4) is 0 Å². The number of hydrogen-bond acceptors (Lipinski definition) is 4. The number of carboxylic acid groups (broad SMARTS) is 1. The maximum atomic E-state index is 11.9. The van der Waals surface area contributed by atoms with Crippen LogP contribution in [-0.4, -0.2) is 50.8 Å². The van der Waals surface area contributed by atoms with Gasteiger partial charge in [-0.2, -0.15) is 5.10 Å². The monoisotopic (exact) mass is 280 g/mol. The molecule has 7 nitrogen and oxygen atoms in total. The lowest BCUT2D eigenvalue weighted by molar-refractivity contribution is -0.143. The van der Waals surface area contributed by atoms with Crippen molar-refractivity contribution < 1.29 is 14.7 Å². The molecule has 1 saturated heterocycles. The SMILES string of the molecule is CCn1cc(C(C)N2CCNC(=O)C2CC(=O)O)cn1. The lowest BCUT2D eigenvalue weighted by atomic mass is 10.0. The third-order valence-electron chi connectivity index (χ3n) is 3.70. The highest BCUT2D eigenvalue weighted by Gasteiger charge is 2.35. The molecule has 1 aromatic heterocycles. The molecule has 1 fully saturated rings. The Balaban J connectivity index is 2.18. The average Bonchev–Trinajstić information content (AvgIpc) is 2.88. The number of carbonyl (C=O) groups is 2. The van der Waals surface area contributed by atoms with Crippen LogP contribution in [0.25, 0.3) is 0 Å². The number of aliphatic carboxylic acids is 1. The summed E-state index contributed by atoms with van der Waals surface area (Å²) in [6.45, 7) is 5.95. The molecule has 110 valence electrons. The molecule has 0 aromatic carbocycles. The summed E-state index contributed by atoms with van der Waals surface area (Å²) in [5.41, 5.74) is 0.997. The average molecular weight is 280 g/mol. The summed E-state index contributed by atoms with van der Waals surface area (Å²) in [7, 11) is 0. The van der Waals surface area contributed by atoms with Crippen LogP contribution in [0.1, 0.15) is 31.9 Å². The predicted molar refractivity (Wildman–Crippen MR) is 72.1 cm³/mol. The van der Waals surface area contributed by atoms with Gasteiger partial charge < -0.3 is 10.4 Å². The first-order chi connectivity index (χ1) is 9.52. The van der Waals surface area contributed by atoms with Crippen molar-refractivity contribution in [1.29, 1.82) is 0 Å². The van der Waals surface area contributed by atoms with E-state index in [1.807, 2.05) is 29.6 Å². The molecule has 0 bridgehead atoms. The van der Waals surface area contributed by atoms with Gasteiger partial charge in [0.2, 0.25) is 5.91 Å². The third kappa shape index (κ3) is 2.98.